The smallest absolute Gasteiger partial charge is 0.276 e. The molecule has 0 aliphatic heterocycles. The second-order valence-corrected chi connectivity index (χ2v) is 5.94. The highest BCUT2D eigenvalue weighted by atomic mass is 19.1. The molecule has 1 heterocycles. The predicted octanol–water partition coefficient (Wildman–Crippen LogP) is 4.17. The SMILES string of the molecule is CN(C(=O)c1cc(N(C)c2ccccc2)ncn1)/C1=C/C=C=C(F)/C=C\C1. The van der Waals surface area contributed by atoms with Crippen LogP contribution < -0.4 is 4.90 Å². The summed E-state index contributed by atoms with van der Waals surface area (Å²) in [6, 6.07) is 11.4. The van der Waals surface area contributed by atoms with E-state index in [1.807, 2.05) is 42.3 Å². The summed E-state index contributed by atoms with van der Waals surface area (Å²) in [6.07, 6.45) is 7.92. The van der Waals surface area contributed by atoms with E-state index in [4.69, 9.17) is 0 Å². The summed E-state index contributed by atoms with van der Waals surface area (Å²) in [4.78, 5) is 24.6. The predicted molar refractivity (Wildman–Crippen MR) is 103 cm³/mol. The van der Waals surface area contributed by atoms with Crippen LogP contribution in [0, 0.1) is 0 Å². The van der Waals surface area contributed by atoms with Gasteiger partial charge in [0.1, 0.15) is 17.8 Å². The lowest BCUT2D eigenvalue weighted by molar-refractivity contribution is 0.0828. The van der Waals surface area contributed by atoms with Gasteiger partial charge in [0.05, 0.1) is 0 Å². The molecule has 0 saturated heterocycles. The summed E-state index contributed by atoms with van der Waals surface area (Å²) in [6.45, 7) is 0. The van der Waals surface area contributed by atoms with Crippen LogP contribution in [0.25, 0.3) is 0 Å². The van der Waals surface area contributed by atoms with Gasteiger partial charge in [-0.05, 0) is 30.4 Å². The van der Waals surface area contributed by atoms with Crippen LogP contribution in [0.3, 0.4) is 0 Å². The number of aromatic nitrogens is 2. The number of amides is 1. The number of benzene rings is 1. The lowest BCUT2D eigenvalue weighted by Crippen LogP contribution is -2.27. The summed E-state index contributed by atoms with van der Waals surface area (Å²) >= 11 is 0. The third-order valence-electron chi connectivity index (χ3n) is 4.18. The molecule has 1 aliphatic carbocycles. The van der Waals surface area contributed by atoms with Crippen molar-refractivity contribution in [1.29, 1.82) is 0 Å². The minimum atomic E-state index is -0.441. The first-order chi connectivity index (χ1) is 13.1. The van der Waals surface area contributed by atoms with Crippen LogP contribution in [0.2, 0.25) is 0 Å². The van der Waals surface area contributed by atoms with E-state index in [2.05, 4.69) is 15.7 Å². The molecule has 2 aromatic rings. The number of allylic oxidation sites excluding steroid dienone is 4. The van der Waals surface area contributed by atoms with E-state index in [9.17, 15) is 9.18 Å². The number of carbonyl (C=O) groups excluding carboxylic acids is 1. The third kappa shape index (κ3) is 4.37. The molecule has 1 aromatic heterocycles. The van der Waals surface area contributed by atoms with Gasteiger partial charge in [-0.15, -0.1) is 0 Å². The number of rotatable bonds is 4. The molecule has 0 spiro atoms. The Bertz CT molecular complexity index is 959. The topological polar surface area (TPSA) is 49.3 Å². The molecule has 1 aromatic carbocycles. The van der Waals surface area contributed by atoms with Crippen molar-refractivity contribution in [3.8, 4) is 0 Å². The minimum absolute atomic E-state index is 0.266. The Morgan fingerprint density at radius 3 is 2.74 bits per heavy atom. The summed E-state index contributed by atoms with van der Waals surface area (Å²) < 4.78 is 13.2. The monoisotopic (exact) mass is 362 g/mol. The Kier molecular flexibility index (Phi) is 5.59. The first-order valence-corrected chi connectivity index (χ1v) is 8.43. The maximum absolute atomic E-state index is 13.2. The number of anilines is 2. The highest BCUT2D eigenvalue weighted by molar-refractivity contribution is 5.94. The van der Waals surface area contributed by atoms with E-state index in [-0.39, 0.29) is 11.6 Å². The molecule has 0 N–H and O–H groups in total. The first-order valence-electron chi connectivity index (χ1n) is 8.43. The van der Waals surface area contributed by atoms with E-state index in [0.29, 0.717) is 17.9 Å². The average Bonchev–Trinajstić information content (AvgIpc) is 2.69. The van der Waals surface area contributed by atoms with E-state index >= 15 is 0 Å². The molecule has 136 valence electrons. The lowest BCUT2D eigenvalue weighted by Gasteiger charge is -2.21. The van der Waals surface area contributed by atoms with Gasteiger partial charge in [0.2, 0.25) is 0 Å². The van der Waals surface area contributed by atoms with Crippen molar-refractivity contribution < 1.29 is 9.18 Å². The lowest BCUT2D eigenvalue weighted by atomic mass is 10.2. The standard InChI is InChI=1S/C21H19FN4O/c1-25(17-10-4-3-5-11-17)20-14-19(23-15-24-20)21(27)26(2)18-12-6-8-16(22)9-7-13-18/h3-8,10-11,13-15H,12H2,1-2H3/b8-6-,18-13+. The molecule has 1 aliphatic rings. The Balaban J connectivity index is 1.84. The average molecular weight is 362 g/mol. The van der Waals surface area contributed by atoms with Crippen molar-refractivity contribution in [2.75, 3.05) is 19.0 Å². The van der Waals surface area contributed by atoms with Crippen molar-refractivity contribution in [2.45, 2.75) is 6.42 Å². The molecule has 0 atom stereocenters. The number of carbonyl (C=O) groups is 1. The highest BCUT2D eigenvalue weighted by Crippen LogP contribution is 2.22. The molecule has 0 radical (unpaired) electrons. The van der Waals surface area contributed by atoms with E-state index in [0.717, 1.165) is 5.69 Å². The van der Waals surface area contributed by atoms with Gasteiger partial charge in [-0.25, -0.2) is 9.97 Å². The van der Waals surface area contributed by atoms with Gasteiger partial charge in [0, 0.05) is 38.0 Å². The summed E-state index contributed by atoms with van der Waals surface area (Å²) in [5.41, 5.74) is 4.43. The van der Waals surface area contributed by atoms with Gasteiger partial charge in [-0.3, -0.25) is 4.79 Å². The molecule has 27 heavy (non-hydrogen) atoms. The second kappa shape index (κ2) is 8.25. The Morgan fingerprint density at radius 2 is 1.96 bits per heavy atom. The Morgan fingerprint density at radius 1 is 1.19 bits per heavy atom. The molecule has 0 bridgehead atoms. The van der Waals surface area contributed by atoms with Crippen LogP contribution in [0.4, 0.5) is 15.9 Å². The molecule has 3 rings (SSSR count). The van der Waals surface area contributed by atoms with Crippen molar-refractivity contribution in [3.63, 3.8) is 0 Å². The third-order valence-corrected chi connectivity index (χ3v) is 4.18. The molecule has 0 unspecified atom stereocenters. The zero-order valence-electron chi connectivity index (χ0n) is 15.1. The van der Waals surface area contributed by atoms with Gasteiger partial charge in [-0.2, -0.15) is 4.39 Å². The zero-order chi connectivity index (χ0) is 19.2. The van der Waals surface area contributed by atoms with E-state index in [1.165, 1.54) is 23.4 Å². The van der Waals surface area contributed by atoms with Gasteiger partial charge in [0.25, 0.3) is 5.91 Å². The Labute approximate surface area is 157 Å². The van der Waals surface area contributed by atoms with E-state index < -0.39 is 5.83 Å². The van der Waals surface area contributed by atoms with Gasteiger partial charge in [0.15, 0.2) is 5.83 Å². The molecule has 0 saturated carbocycles. The molecule has 5 nitrogen and oxygen atoms in total. The number of hydrogen-bond acceptors (Lipinski definition) is 4. The maximum Gasteiger partial charge on any atom is 0.276 e. The van der Waals surface area contributed by atoms with Crippen molar-refractivity contribution in [3.05, 3.63) is 90.0 Å². The first kappa shape index (κ1) is 18.3. The molecule has 0 fully saturated rings. The molecule has 1 amide bonds. The zero-order valence-corrected chi connectivity index (χ0v) is 15.1. The fourth-order valence-corrected chi connectivity index (χ4v) is 2.60. The van der Waals surface area contributed by atoms with Crippen LogP contribution in [0.5, 0.6) is 0 Å². The number of hydrogen-bond donors (Lipinski definition) is 0. The largest absolute Gasteiger partial charge is 0.329 e. The van der Waals surface area contributed by atoms with Gasteiger partial charge in [-0.1, -0.05) is 30.0 Å². The van der Waals surface area contributed by atoms with Crippen LogP contribution in [-0.4, -0.2) is 34.9 Å². The minimum Gasteiger partial charge on any atom is -0.329 e. The van der Waals surface area contributed by atoms with Gasteiger partial charge >= 0.3 is 0 Å². The molecular weight excluding hydrogens is 343 g/mol. The van der Waals surface area contributed by atoms with Crippen LogP contribution in [0.1, 0.15) is 16.9 Å². The number of para-hydroxylation sites is 1. The van der Waals surface area contributed by atoms with Crippen molar-refractivity contribution >= 4 is 17.4 Å². The van der Waals surface area contributed by atoms with Crippen LogP contribution in [0.15, 0.2) is 84.3 Å². The van der Waals surface area contributed by atoms with E-state index in [1.54, 1.807) is 25.3 Å². The Hall–Kier alpha value is -3.50. The quantitative estimate of drug-likeness (QED) is 0.766. The number of halogens is 1. The maximum atomic E-state index is 13.2. The fourth-order valence-electron chi connectivity index (χ4n) is 2.60. The highest BCUT2D eigenvalue weighted by Gasteiger charge is 2.18. The van der Waals surface area contributed by atoms with Gasteiger partial charge < -0.3 is 9.80 Å². The van der Waals surface area contributed by atoms with Crippen molar-refractivity contribution in [1.82, 2.24) is 14.9 Å². The van der Waals surface area contributed by atoms with Crippen LogP contribution in [-0.2, 0) is 0 Å². The number of nitrogens with zero attached hydrogens (tertiary/aromatic N) is 4. The molecule has 6 heteroatoms. The summed E-state index contributed by atoms with van der Waals surface area (Å²) in [5.74, 6) is -0.0914. The summed E-state index contributed by atoms with van der Waals surface area (Å²) in [5, 5.41) is 0. The fraction of sp³-hybridized carbons (Fsp3) is 0.143. The van der Waals surface area contributed by atoms with Crippen LogP contribution >= 0.6 is 0 Å². The second-order valence-electron chi connectivity index (χ2n) is 5.94. The summed E-state index contributed by atoms with van der Waals surface area (Å²) in [7, 11) is 3.55. The normalized spacial score (nSPS) is 16.4. The van der Waals surface area contributed by atoms with Crippen molar-refractivity contribution in [2.24, 2.45) is 0 Å². The molecular formula is C21H19FN4O.